The lowest BCUT2D eigenvalue weighted by molar-refractivity contribution is -0.136. The first-order chi connectivity index (χ1) is 12.8. The SMILES string of the molecule is CNC(N)=NC(=O)c1cc2c(C(F)(F)F)cc(Oc3ccccn3)cc2[nH]1. The highest BCUT2D eigenvalue weighted by molar-refractivity contribution is 6.04. The molecule has 7 nitrogen and oxygen atoms in total. The van der Waals surface area contributed by atoms with Crippen molar-refractivity contribution >= 4 is 22.8 Å². The van der Waals surface area contributed by atoms with Crippen molar-refractivity contribution in [2.24, 2.45) is 10.7 Å². The van der Waals surface area contributed by atoms with Crippen LogP contribution in [0.4, 0.5) is 13.2 Å². The fraction of sp³-hybridized carbons (Fsp3) is 0.118. The molecular formula is C17H14F3N5O2. The summed E-state index contributed by atoms with van der Waals surface area (Å²) in [5, 5.41) is 2.27. The second-order valence-electron chi connectivity index (χ2n) is 5.44. The number of aromatic nitrogens is 2. The third-order valence-electron chi connectivity index (χ3n) is 3.59. The normalized spacial score (nSPS) is 12.2. The van der Waals surface area contributed by atoms with E-state index in [0.717, 1.165) is 12.1 Å². The van der Waals surface area contributed by atoms with Crippen molar-refractivity contribution in [2.75, 3.05) is 7.05 Å². The summed E-state index contributed by atoms with van der Waals surface area (Å²) in [7, 11) is 1.46. The highest BCUT2D eigenvalue weighted by Crippen LogP contribution is 2.38. The smallest absolute Gasteiger partial charge is 0.417 e. The number of ether oxygens (including phenoxy) is 1. The first-order valence-corrected chi connectivity index (χ1v) is 7.67. The van der Waals surface area contributed by atoms with Gasteiger partial charge in [0.15, 0.2) is 5.96 Å². The van der Waals surface area contributed by atoms with Crippen LogP contribution >= 0.6 is 0 Å². The number of halogens is 3. The van der Waals surface area contributed by atoms with Gasteiger partial charge in [-0.2, -0.15) is 18.2 Å². The fourth-order valence-electron chi connectivity index (χ4n) is 2.37. The Labute approximate surface area is 151 Å². The number of guanidine groups is 1. The van der Waals surface area contributed by atoms with Crippen LogP contribution in [-0.2, 0) is 6.18 Å². The van der Waals surface area contributed by atoms with Gasteiger partial charge in [-0.25, -0.2) is 4.98 Å². The minimum absolute atomic E-state index is 0.0670. The van der Waals surface area contributed by atoms with Crippen LogP contribution in [0.2, 0.25) is 0 Å². The minimum Gasteiger partial charge on any atom is -0.439 e. The molecule has 0 spiro atoms. The van der Waals surface area contributed by atoms with Gasteiger partial charge < -0.3 is 20.8 Å². The number of carbonyl (C=O) groups is 1. The topological polar surface area (TPSA) is 105 Å². The van der Waals surface area contributed by atoms with E-state index in [1.54, 1.807) is 12.1 Å². The highest BCUT2D eigenvalue weighted by atomic mass is 19.4. The molecule has 0 aliphatic carbocycles. The molecule has 27 heavy (non-hydrogen) atoms. The van der Waals surface area contributed by atoms with Crippen molar-refractivity contribution in [2.45, 2.75) is 6.18 Å². The van der Waals surface area contributed by atoms with Crippen LogP contribution in [0.25, 0.3) is 10.9 Å². The molecule has 2 aromatic heterocycles. The number of alkyl halides is 3. The van der Waals surface area contributed by atoms with Crippen molar-refractivity contribution in [3.05, 3.63) is 53.9 Å². The summed E-state index contributed by atoms with van der Waals surface area (Å²) in [5.41, 5.74) is 4.39. The average molecular weight is 377 g/mol. The number of aromatic amines is 1. The number of rotatable bonds is 3. The number of H-pyrrole nitrogens is 1. The summed E-state index contributed by atoms with van der Waals surface area (Å²) in [6.45, 7) is 0. The van der Waals surface area contributed by atoms with E-state index in [9.17, 15) is 18.0 Å². The number of carbonyl (C=O) groups excluding carboxylic acids is 1. The molecule has 2 heterocycles. The number of nitrogens with two attached hydrogens (primary N) is 1. The van der Waals surface area contributed by atoms with E-state index < -0.39 is 17.6 Å². The van der Waals surface area contributed by atoms with Gasteiger partial charge in [-0.3, -0.25) is 4.79 Å². The second kappa shape index (κ2) is 6.98. The number of hydrogen-bond acceptors (Lipinski definition) is 3. The molecule has 0 aliphatic heterocycles. The van der Waals surface area contributed by atoms with Crippen molar-refractivity contribution in [3.63, 3.8) is 0 Å². The minimum atomic E-state index is -4.66. The van der Waals surface area contributed by atoms with Gasteiger partial charge in [0.2, 0.25) is 5.88 Å². The molecule has 1 amide bonds. The molecule has 0 radical (unpaired) electrons. The van der Waals surface area contributed by atoms with Crippen molar-refractivity contribution in [1.82, 2.24) is 15.3 Å². The molecule has 4 N–H and O–H groups in total. The molecule has 0 atom stereocenters. The summed E-state index contributed by atoms with van der Waals surface area (Å²) in [4.78, 5) is 22.1. The molecule has 0 aliphatic rings. The quantitative estimate of drug-likeness (QED) is 0.481. The molecule has 0 saturated heterocycles. The first kappa shape index (κ1) is 18.2. The Morgan fingerprint density at radius 2 is 2.07 bits per heavy atom. The Hall–Kier alpha value is -3.56. The number of nitrogens with zero attached hydrogens (tertiary/aromatic N) is 2. The Morgan fingerprint density at radius 1 is 1.30 bits per heavy atom. The Morgan fingerprint density at radius 3 is 2.70 bits per heavy atom. The van der Waals surface area contributed by atoms with Crippen molar-refractivity contribution in [1.29, 1.82) is 0 Å². The zero-order valence-corrected chi connectivity index (χ0v) is 14.0. The predicted octanol–water partition coefficient (Wildman–Crippen LogP) is 3.05. The van der Waals surface area contributed by atoms with Crippen molar-refractivity contribution in [3.8, 4) is 11.6 Å². The third kappa shape index (κ3) is 4.00. The summed E-state index contributed by atoms with van der Waals surface area (Å²) >= 11 is 0. The number of fused-ring (bicyclic) bond motifs is 1. The zero-order chi connectivity index (χ0) is 19.6. The van der Waals surface area contributed by atoms with Crippen molar-refractivity contribution < 1.29 is 22.7 Å². The summed E-state index contributed by atoms with van der Waals surface area (Å²) < 4.78 is 45.9. The molecule has 1 aromatic carbocycles. The summed E-state index contributed by atoms with van der Waals surface area (Å²) in [6, 6.07) is 8.08. The van der Waals surface area contributed by atoms with Gasteiger partial charge in [0, 0.05) is 30.8 Å². The van der Waals surface area contributed by atoms with Gasteiger partial charge in [0.25, 0.3) is 5.91 Å². The maximum absolute atomic E-state index is 13.5. The standard InChI is InChI=1S/C17H14F3N5O2/c1-22-16(21)25-15(26)13-8-10-11(17(18,19)20)6-9(7-12(10)24-13)27-14-4-2-3-5-23-14/h2-8,24H,1H3,(H3,21,22,25,26). The number of benzene rings is 1. The number of aliphatic imine (C=N–C) groups is 1. The number of hydrogen-bond donors (Lipinski definition) is 3. The molecule has 0 bridgehead atoms. The molecule has 10 heteroatoms. The van der Waals surface area contributed by atoms with Gasteiger partial charge in [0.05, 0.1) is 11.1 Å². The van der Waals surface area contributed by atoms with Crippen LogP contribution < -0.4 is 15.8 Å². The fourth-order valence-corrected chi connectivity index (χ4v) is 2.37. The van der Waals surface area contributed by atoms with E-state index in [1.165, 1.54) is 25.4 Å². The first-order valence-electron chi connectivity index (χ1n) is 7.67. The van der Waals surface area contributed by atoms with Crippen LogP contribution in [0.15, 0.2) is 47.6 Å². The molecular weight excluding hydrogens is 363 g/mol. The second-order valence-corrected chi connectivity index (χ2v) is 5.44. The number of nitrogens with one attached hydrogen (secondary N) is 2. The van der Waals surface area contributed by atoms with E-state index in [1.807, 2.05) is 0 Å². The third-order valence-corrected chi connectivity index (χ3v) is 3.59. The maximum Gasteiger partial charge on any atom is 0.417 e. The molecule has 0 saturated carbocycles. The lowest BCUT2D eigenvalue weighted by Crippen LogP contribution is -2.28. The highest BCUT2D eigenvalue weighted by Gasteiger charge is 2.34. The van der Waals surface area contributed by atoms with E-state index in [2.05, 4.69) is 20.3 Å². The van der Waals surface area contributed by atoms with E-state index >= 15 is 0 Å². The van der Waals surface area contributed by atoms with E-state index in [-0.39, 0.29) is 34.2 Å². The van der Waals surface area contributed by atoms with Crippen LogP contribution in [0.1, 0.15) is 16.1 Å². The molecule has 0 fully saturated rings. The Kier molecular flexibility index (Phi) is 4.72. The van der Waals surface area contributed by atoms with E-state index in [4.69, 9.17) is 10.5 Å². The van der Waals surface area contributed by atoms with Gasteiger partial charge in [-0.15, -0.1) is 0 Å². The maximum atomic E-state index is 13.5. The van der Waals surface area contributed by atoms with Gasteiger partial charge in [-0.1, -0.05) is 6.07 Å². The van der Waals surface area contributed by atoms with Gasteiger partial charge in [-0.05, 0) is 18.2 Å². The van der Waals surface area contributed by atoms with Gasteiger partial charge in [0.1, 0.15) is 11.4 Å². The van der Waals surface area contributed by atoms with E-state index in [0.29, 0.717) is 0 Å². The molecule has 3 aromatic rings. The molecule has 3 rings (SSSR count). The Balaban J connectivity index is 2.09. The van der Waals surface area contributed by atoms with Crippen LogP contribution in [0, 0.1) is 0 Å². The molecule has 0 unspecified atom stereocenters. The van der Waals surface area contributed by atoms with Crippen LogP contribution in [0.5, 0.6) is 11.6 Å². The monoisotopic (exact) mass is 377 g/mol. The summed E-state index contributed by atoms with van der Waals surface area (Å²) in [6.07, 6.45) is -3.20. The largest absolute Gasteiger partial charge is 0.439 e. The molecule has 140 valence electrons. The predicted molar refractivity (Wildman–Crippen MR) is 92.6 cm³/mol. The number of amides is 1. The number of pyridine rings is 1. The Bertz CT molecular complexity index is 1010. The lowest BCUT2D eigenvalue weighted by atomic mass is 10.1. The van der Waals surface area contributed by atoms with Crippen LogP contribution in [0.3, 0.4) is 0 Å². The zero-order valence-electron chi connectivity index (χ0n) is 14.0. The summed E-state index contributed by atoms with van der Waals surface area (Å²) in [5.74, 6) is -0.904. The van der Waals surface area contributed by atoms with Crippen LogP contribution in [-0.4, -0.2) is 28.9 Å². The average Bonchev–Trinajstić information content (AvgIpc) is 3.05. The lowest BCUT2D eigenvalue weighted by Gasteiger charge is -2.11. The van der Waals surface area contributed by atoms with Gasteiger partial charge >= 0.3 is 6.18 Å².